The van der Waals surface area contributed by atoms with E-state index in [0.29, 0.717) is 0 Å². The van der Waals surface area contributed by atoms with Crippen molar-refractivity contribution >= 4 is 5.97 Å². The Morgan fingerprint density at radius 3 is 3.14 bits per heavy atom. The molecule has 72 valence electrons. The van der Waals surface area contributed by atoms with Crippen LogP contribution in [0.1, 0.15) is 6.42 Å². The summed E-state index contributed by atoms with van der Waals surface area (Å²) in [6.07, 6.45) is 8.07. The average Bonchev–Trinajstić information content (AvgIpc) is 2.95. The molecule has 3 aliphatic rings. The number of carbonyl (C=O) groups is 1. The van der Waals surface area contributed by atoms with E-state index in [0.717, 1.165) is 12.0 Å². The van der Waals surface area contributed by atoms with Crippen LogP contribution >= 0.6 is 0 Å². The Morgan fingerprint density at radius 1 is 1.50 bits per heavy atom. The lowest BCUT2D eigenvalue weighted by molar-refractivity contribution is -0.153. The third kappa shape index (κ3) is 0.990. The van der Waals surface area contributed by atoms with Crippen LogP contribution in [-0.2, 0) is 9.53 Å². The molecule has 0 radical (unpaired) electrons. The summed E-state index contributed by atoms with van der Waals surface area (Å²) in [5, 5.41) is 9.01. The SMILES string of the molecule is O=C(O)C1OC2CC2=C2C=CC=CC21. The normalized spacial score (nSPS) is 37.9. The highest BCUT2D eigenvalue weighted by Crippen LogP contribution is 2.46. The molecule has 3 heteroatoms. The van der Waals surface area contributed by atoms with Crippen LogP contribution in [0.3, 0.4) is 0 Å². The number of fused-ring (bicyclic) bond motifs is 2. The molecule has 1 fully saturated rings. The van der Waals surface area contributed by atoms with Crippen LogP contribution in [-0.4, -0.2) is 23.3 Å². The maximum atomic E-state index is 11.0. The van der Waals surface area contributed by atoms with E-state index in [2.05, 4.69) is 0 Å². The summed E-state index contributed by atoms with van der Waals surface area (Å²) >= 11 is 0. The number of carboxylic acid groups (broad SMARTS) is 1. The Bertz CT molecular complexity index is 389. The highest BCUT2D eigenvalue weighted by molar-refractivity contribution is 5.75. The molecular formula is C11H10O3. The molecule has 0 aromatic carbocycles. The van der Waals surface area contributed by atoms with E-state index < -0.39 is 12.1 Å². The van der Waals surface area contributed by atoms with Crippen LogP contribution in [0.15, 0.2) is 35.5 Å². The fourth-order valence-electron chi connectivity index (χ4n) is 2.19. The number of hydrogen-bond donors (Lipinski definition) is 1. The molecule has 0 aromatic rings. The van der Waals surface area contributed by atoms with Crippen molar-refractivity contribution in [1.82, 2.24) is 0 Å². The maximum absolute atomic E-state index is 11.0. The van der Waals surface area contributed by atoms with Gasteiger partial charge in [-0.05, 0) is 11.1 Å². The summed E-state index contributed by atoms with van der Waals surface area (Å²) in [5.41, 5.74) is 2.45. The van der Waals surface area contributed by atoms with E-state index in [1.807, 2.05) is 24.3 Å². The van der Waals surface area contributed by atoms with E-state index in [1.165, 1.54) is 5.57 Å². The summed E-state index contributed by atoms with van der Waals surface area (Å²) in [6.45, 7) is 0. The van der Waals surface area contributed by atoms with E-state index in [-0.39, 0.29) is 12.0 Å². The first-order chi connectivity index (χ1) is 6.77. The zero-order chi connectivity index (χ0) is 9.71. The molecule has 3 unspecified atom stereocenters. The molecule has 3 rings (SSSR count). The van der Waals surface area contributed by atoms with Gasteiger partial charge in [0.1, 0.15) is 0 Å². The Morgan fingerprint density at radius 2 is 2.36 bits per heavy atom. The minimum absolute atomic E-state index is 0.0775. The molecule has 3 atom stereocenters. The highest BCUT2D eigenvalue weighted by atomic mass is 16.5. The Hall–Kier alpha value is -1.35. The molecule has 0 spiro atoms. The average molecular weight is 190 g/mol. The third-order valence-electron chi connectivity index (χ3n) is 2.95. The standard InChI is InChI=1S/C11H10O3/c12-11(13)10-7-4-2-1-3-6(7)8-5-9(8)14-10/h1-4,7,9-10H,5H2,(H,12,13). The molecule has 0 bridgehead atoms. The van der Waals surface area contributed by atoms with Gasteiger partial charge < -0.3 is 9.84 Å². The van der Waals surface area contributed by atoms with Crippen molar-refractivity contribution in [2.45, 2.75) is 18.6 Å². The van der Waals surface area contributed by atoms with Gasteiger partial charge in [-0.1, -0.05) is 24.3 Å². The number of allylic oxidation sites excluding steroid dienone is 3. The van der Waals surface area contributed by atoms with E-state index in [4.69, 9.17) is 9.84 Å². The Labute approximate surface area is 81.4 Å². The highest BCUT2D eigenvalue weighted by Gasteiger charge is 2.47. The maximum Gasteiger partial charge on any atom is 0.333 e. The summed E-state index contributed by atoms with van der Waals surface area (Å²) in [7, 11) is 0. The van der Waals surface area contributed by atoms with Gasteiger partial charge in [0.05, 0.1) is 6.10 Å². The second-order valence-electron chi connectivity index (χ2n) is 3.84. The van der Waals surface area contributed by atoms with Gasteiger partial charge >= 0.3 is 5.97 Å². The molecule has 14 heavy (non-hydrogen) atoms. The van der Waals surface area contributed by atoms with E-state index in [9.17, 15) is 4.79 Å². The Kier molecular flexibility index (Phi) is 1.47. The lowest BCUT2D eigenvalue weighted by Gasteiger charge is -2.27. The van der Waals surface area contributed by atoms with E-state index in [1.54, 1.807) is 0 Å². The molecule has 3 nitrogen and oxygen atoms in total. The summed E-state index contributed by atoms with van der Waals surface area (Å²) in [6, 6.07) is 0. The first kappa shape index (κ1) is 8.00. The predicted molar refractivity (Wildman–Crippen MR) is 49.7 cm³/mol. The number of hydrogen-bond acceptors (Lipinski definition) is 2. The van der Waals surface area contributed by atoms with Gasteiger partial charge in [-0.25, -0.2) is 4.79 Å². The molecular weight excluding hydrogens is 180 g/mol. The first-order valence-corrected chi connectivity index (χ1v) is 4.73. The van der Waals surface area contributed by atoms with Crippen LogP contribution in [0, 0.1) is 5.92 Å². The molecule has 2 aliphatic carbocycles. The van der Waals surface area contributed by atoms with Crippen LogP contribution in [0.4, 0.5) is 0 Å². The third-order valence-corrected chi connectivity index (χ3v) is 2.95. The Balaban J connectivity index is 2.03. The van der Waals surface area contributed by atoms with Crippen molar-refractivity contribution in [2.24, 2.45) is 5.92 Å². The zero-order valence-corrected chi connectivity index (χ0v) is 7.51. The molecule has 1 saturated carbocycles. The lowest BCUT2D eigenvalue weighted by Crippen LogP contribution is -2.36. The quantitative estimate of drug-likeness (QED) is 0.677. The minimum atomic E-state index is -0.863. The summed E-state index contributed by atoms with van der Waals surface area (Å²) in [4.78, 5) is 11.0. The summed E-state index contributed by atoms with van der Waals surface area (Å²) in [5.74, 6) is -0.940. The number of ether oxygens (including phenoxy) is 1. The van der Waals surface area contributed by atoms with Crippen molar-refractivity contribution < 1.29 is 14.6 Å². The van der Waals surface area contributed by atoms with Crippen LogP contribution < -0.4 is 0 Å². The molecule has 0 saturated heterocycles. The zero-order valence-electron chi connectivity index (χ0n) is 7.51. The van der Waals surface area contributed by atoms with Crippen molar-refractivity contribution in [1.29, 1.82) is 0 Å². The van der Waals surface area contributed by atoms with E-state index >= 15 is 0 Å². The van der Waals surface area contributed by atoms with Crippen molar-refractivity contribution in [2.75, 3.05) is 0 Å². The van der Waals surface area contributed by atoms with Crippen molar-refractivity contribution in [3.05, 3.63) is 35.5 Å². The number of rotatable bonds is 1. The fraction of sp³-hybridized carbons (Fsp3) is 0.364. The van der Waals surface area contributed by atoms with Crippen molar-refractivity contribution in [3.63, 3.8) is 0 Å². The molecule has 1 heterocycles. The predicted octanol–water partition coefficient (Wildman–Crippen LogP) is 1.28. The second-order valence-corrected chi connectivity index (χ2v) is 3.84. The van der Waals surface area contributed by atoms with Crippen LogP contribution in [0.25, 0.3) is 0 Å². The fourth-order valence-corrected chi connectivity index (χ4v) is 2.19. The van der Waals surface area contributed by atoms with Crippen LogP contribution in [0.2, 0.25) is 0 Å². The lowest BCUT2D eigenvalue weighted by atomic mass is 9.87. The van der Waals surface area contributed by atoms with Gasteiger partial charge in [-0.3, -0.25) is 0 Å². The number of carboxylic acids is 1. The topological polar surface area (TPSA) is 46.5 Å². The van der Waals surface area contributed by atoms with Gasteiger partial charge in [0.2, 0.25) is 0 Å². The molecule has 1 aliphatic heterocycles. The first-order valence-electron chi connectivity index (χ1n) is 4.73. The van der Waals surface area contributed by atoms with Gasteiger partial charge in [0.25, 0.3) is 0 Å². The smallest absolute Gasteiger partial charge is 0.333 e. The molecule has 0 amide bonds. The van der Waals surface area contributed by atoms with Gasteiger partial charge in [0.15, 0.2) is 6.10 Å². The number of aliphatic carboxylic acids is 1. The summed E-state index contributed by atoms with van der Waals surface area (Å²) < 4.78 is 5.45. The second kappa shape index (κ2) is 2.58. The van der Waals surface area contributed by atoms with Gasteiger partial charge in [0, 0.05) is 12.3 Å². The van der Waals surface area contributed by atoms with Gasteiger partial charge in [-0.2, -0.15) is 0 Å². The minimum Gasteiger partial charge on any atom is -0.479 e. The van der Waals surface area contributed by atoms with Crippen LogP contribution in [0.5, 0.6) is 0 Å². The van der Waals surface area contributed by atoms with Crippen molar-refractivity contribution in [3.8, 4) is 0 Å². The monoisotopic (exact) mass is 190 g/mol. The molecule has 0 aromatic heterocycles. The van der Waals surface area contributed by atoms with Gasteiger partial charge in [-0.15, -0.1) is 0 Å². The molecule has 1 N–H and O–H groups in total. The largest absolute Gasteiger partial charge is 0.479 e.